The van der Waals surface area contributed by atoms with Crippen LogP contribution in [0.3, 0.4) is 0 Å². The van der Waals surface area contributed by atoms with Crippen LogP contribution >= 0.6 is 35.3 Å². The van der Waals surface area contributed by atoms with Crippen LogP contribution < -0.4 is 5.73 Å². The van der Waals surface area contributed by atoms with Crippen LogP contribution in [0.2, 0.25) is 0 Å². The third-order valence-corrected chi connectivity index (χ3v) is 5.39. The van der Waals surface area contributed by atoms with Crippen molar-refractivity contribution in [3.8, 4) is 0 Å². The molecule has 4 nitrogen and oxygen atoms in total. The number of nitrogens with two attached hydrogens (primary N) is 1. The summed E-state index contributed by atoms with van der Waals surface area (Å²) < 4.78 is 0. The van der Waals surface area contributed by atoms with Crippen LogP contribution in [0.5, 0.6) is 0 Å². The molecule has 0 unspecified atom stereocenters. The molecule has 6 heteroatoms. The summed E-state index contributed by atoms with van der Waals surface area (Å²) in [5.74, 6) is 0.700. The maximum Gasteiger partial charge on any atom is 0.191 e. The standard InChI is InChI=1S/C15H24N4S.HI/c1-19(11-8-9-11)15(16)17-10-4-7-14-18-12-5-2-3-6-13(12)20-14;/h11H,2-10H2,1H3,(H2,16,17);1H. The number of hydrogen-bond acceptors (Lipinski definition) is 3. The van der Waals surface area contributed by atoms with E-state index >= 15 is 0 Å². The van der Waals surface area contributed by atoms with E-state index in [1.54, 1.807) is 0 Å². The SMILES string of the molecule is CN(C(N)=NCCCc1nc2c(s1)CCCC2)C1CC1.I. The summed E-state index contributed by atoms with van der Waals surface area (Å²) in [7, 11) is 2.05. The lowest BCUT2D eigenvalue weighted by Gasteiger charge is -2.16. The Bertz CT molecular complexity index is 472. The summed E-state index contributed by atoms with van der Waals surface area (Å²) in [6.07, 6.45) is 9.68. The zero-order valence-corrected chi connectivity index (χ0v) is 15.8. The fourth-order valence-electron chi connectivity index (χ4n) is 2.70. The Hall–Kier alpha value is -0.370. The molecule has 2 N–H and O–H groups in total. The van der Waals surface area contributed by atoms with E-state index in [-0.39, 0.29) is 24.0 Å². The van der Waals surface area contributed by atoms with Gasteiger partial charge in [0.2, 0.25) is 0 Å². The number of aryl methyl sites for hydroxylation is 3. The molecule has 2 aliphatic rings. The number of aromatic nitrogens is 1. The predicted molar refractivity (Wildman–Crippen MR) is 99.8 cm³/mol. The molecule has 1 aromatic rings. The van der Waals surface area contributed by atoms with E-state index in [9.17, 15) is 0 Å². The molecule has 0 amide bonds. The van der Waals surface area contributed by atoms with Crippen molar-refractivity contribution in [2.75, 3.05) is 13.6 Å². The Balaban J connectivity index is 0.00000161. The molecule has 1 saturated carbocycles. The van der Waals surface area contributed by atoms with E-state index in [0.29, 0.717) is 12.0 Å². The van der Waals surface area contributed by atoms with Crippen molar-refractivity contribution < 1.29 is 0 Å². The molecular weight excluding hydrogens is 395 g/mol. The first kappa shape index (κ1) is 17.0. The van der Waals surface area contributed by atoms with Gasteiger partial charge in [-0.15, -0.1) is 35.3 Å². The fraction of sp³-hybridized carbons (Fsp3) is 0.733. The molecule has 0 saturated heterocycles. The molecule has 0 atom stereocenters. The molecule has 3 rings (SSSR count). The Kier molecular flexibility index (Phi) is 6.28. The van der Waals surface area contributed by atoms with Crippen molar-refractivity contribution in [2.24, 2.45) is 10.7 Å². The van der Waals surface area contributed by atoms with Crippen LogP contribution in [0.1, 0.15) is 47.7 Å². The van der Waals surface area contributed by atoms with Gasteiger partial charge in [-0.25, -0.2) is 4.98 Å². The molecule has 0 spiro atoms. The second-order valence-electron chi connectivity index (χ2n) is 5.87. The van der Waals surface area contributed by atoms with Gasteiger partial charge in [0.15, 0.2) is 5.96 Å². The predicted octanol–water partition coefficient (Wildman–Crippen LogP) is 2.98. The van der Waals surface area contributed by atoms with E-state index in [1.807, 2.05) is 18.4 Å². The molecule has 0 bridgehead atoms. The van der Waals surface area contributed by atoms with Gasteiger partial charge in [-0.3, -0.25) is 4.99 Å². The second kappa shape index (κ2) is 7.76. The lowest BCUT2D eigenvalue weighted by molar-refractivity contribution is 0.487. The maximum atomic E-state index is 5.98. The Morgan fingerprint density at radius 2 is 2.14 bits per heavy atom. The number of rotatable bonds is 5. The molecule has 0 radical (unpaired) electrons. The highest BCUT2D eigenvalue weighted by Gasteiger charge is 2.27. The van der Waals surface area contributed by atoms with Crippen LogP contribution in [0.25, 0.3) is 0 Å². The number of aliphatic imine (C=N–C) groups is 1. The first-order valence-electron chi connectivity index (χ1n) is 7.74. The highest BCUT2D eigenvalue weighted by molar-refractivity contribution is 14.0. The lowest BCUT2D eigenvalue weighted by Crippen LogP contribution is -2.35. The largest absolute Gasteiger partial charge is 0.370 e. The van der Waals surface area contributed by atoms with Crippen LogP contribution in [0.15, 0.2) is 4.99 Å². The van der Waals surface area contributed by atoms with Crippen molar-refractivity contribution in [3.05, 3.63) is 15.6 Å². The van der Waals surface area contributed by atoms with Gasteiger partial charge < -0.3 is 10.6 Å². The average Bonchev–Trinajstić information content (AvgIpc) is 3.22. The minimum atomic E-state index is 0. The summed E-state index contributed by atoms with van der Waals surface area (Å²) in [5.41, 5.74) is 7.35. The minimum Gasteiger partial charge on any atom is -0.370 e. The number of halogens is 1. The second-order valence-corrected chi connectivity index (χ2v) is 7.04. The van der Waals surface area contributed by atoms with Gasteiger partial charge in [0.25, 0.3) is 0 Å². The molecule has 21 heavy (non-hydrogen) atoms. The van der Waals surface area contributed by atoms with Gasteiger partial charge >= 0.3 is 0 Å². The first-order valence-corrected chi connectivity index (χ1v) is 8.56. The number of nitrogens with zero attached hydrogens (tertiary/aromatic N) is 3. The Morgan fingerprint density at radius 1 is 1.38 bits per heavy atom. The topological polar surface area (TPSA) is 54.5 Å². The van der Waals surface area contributed by atoms with Gasteiger partial charge in [0.1, 0.15) is 0 Å². The summed E-state index contributed by atoms with van der Waals surface area (Å²) in [6.45, 7) is 0.813. The Morgan fingerprint density at radius 3 is 2.86 bits per heavy atom. The molecule has 118 valence electrons. The zero-order chi connectivity index (χ0) is 13.9. The summed E-state index contributed by atoms with van der Waals surface area (Å²) >= 11 is 1.91. The normalized spacial score (nSPS) is 18.0. The average molecular weight is 420 g/mol. The van der Waals surface area contributed by atoms with E-state index in [0.717, 1.165) is 19.4 Å². The number of fused-ring (bicyclic) bond motifs is 1. The van der Waals surface area contributed by atoms with Crippen molar-refractivity contribution in [2.45, 2.75) is 57.4 Å². The summed E-state index contributed by atoms with van der Waals surface area (Å²) in [6, 6.07) is 0.643. The van der Waals surface area contributed by atoms with E-state index in [2.05, 4.69) is 9.89 Å². The fourth-order valence-corrected chi connectivity index (χ4v) is 3.90. The van der Waals surface area contributed by atoms with Crippen LogP contribution in [0, 0.1) is 0 Å². The third kappa shape index (κ3) is 4.55. The summed E-state index contributed by atoms with van der Waals surface area (Å²) in [4.78, 5) is 12.9. The number of hydrogen-bond donors (Lipinski definition) is 1. The number of guanidine groups is 1. The molecular formula is C15H25IN4S. The first-order chi connectivity index (χ1) is 9.74. The van der Waals surface area contributed by atoms with Gasteiger partial charge in [0.05, 0.1) is 10.7 Å². The van der Waals surface area contributed by atoms with Crippen molar-refractivity contribution >= 4 is 41.3 Å². The Labute approximate surface area is 148 Å². The minimum absolute atomic E-state index is 0. The van der Waals surface area contributed by atoms with Gasteiger partial charge in [-0.2, -0.15) is 0 Å². The monoisotopic (exact) mass is 420 g/mol. The van der Waals surface area contributed by atoms with Gasteiger partial charge in [-0.1, -0.05) is 0 Å². The van der Waals surface area contributed by atoms with Crippen LogP contribution in [0.4, 0.5) is 0 Å². The highest BCUT2D eigenvalue weighted by Crippen LogP contribution is 2.27. The maximum absolute atomic E-state index is 5.98. The van der Waals surface area contributed by atoms with E-state index in [4.69, 9.17) is 10.7 Å². The zero-order valence-electron chi connectivity index (χ0n) is 12.7. The van der Waals surface area contributed by atoms with Crippen molar-refractivity contribution in [3.63, 3.8) is 0 Å². The van der Waals surface area contributed by atoms with Crippen molar-refractivity contribution in [1.82, 2.24) is 9.88 Å². The van der Waals surface area contributed by atoms with E-state index < -0.39 is 0 Å². The smallest absolute Gasteiger partial charge is 0.191 e. The molecule has 0 aromatic carbocycles. The van der Waals surface area contributed by atoms with Crippen LogP contribution in [-0.2, 0) is 19.3 Å². The number of thiazole rings is 1. The van der Waals surface area contributed by atoms with Crippen molar-refractivity contribution in [1.29, 1.82) is 0 Å². The molecule has 1 heterocycles. The van der Waals surface area contributed by atoms with Gasteiger partial charge in [0, 0.05) is 30.9 Å². The quantitative estimate of drug-likeness (QED) is 0.345. The highest BCUT2D eigenvalue weighted by atomic mass is 127. The third-order valence-electron chi connectivity index (χ3n) is 4.17. The lowest BCUT2D eigenvalue weighted by atomic mass is 10.0. The van der Waals surface area contributed by atoms with E-state index in [1.165, 1.54) is 54.1 Å². The summed E-state index contributed by atoms with van der Waals surface area (Å²) in [5, 5.41) is 1.29. The van der Waals surface area contributed by atoms with Crippen LogP contribution in [-0.4, -0.2) is 35.5 Å². The molecule has 1 fully saturated rings. The van der Waals surface area contributed by atoms with Gasteiger partial charge in [-0.05, 0) is 44.9 Å². The molecule has 1 aromatic heterocycles. The molecule has 0 aliphatic heterocycles. The molecule has 2 aliphatic carbocycles.